The van der Waals surface area contributed by atoms with E-state index in [9.17, 15) is 4.57 Å². The van der Waals surface area contributed by atoms with Gasteiger partial charge in [0, 0.05) is 12.1 Å². The van der Waals surface area contributed by atoms with E-state index < -0.39 is 7.60 Å². The van der Waals surface area contributed by atoms with Crippen LogP contribution in [0.3, 0.4) is 0 Å². The van der Waals surface area contributed by atoms with E-state index in [0.29, 0.717) is 12.4 Å². The number of hydrogen-bond donors (Lipinski definition) is 1. The SMILES string of the molecule is CCOP(=O)(OCC)c1nc(-c2ccc(OC)cc2)oc1NCc1ccccc1. The first-order valence-electron chi connectivity index (χ1n) is 9.42. The fourth-order valence-corrected chi connectivity index (χ4v) is 4.33. The van der Waals surface area contributed by atoms with Crippen LogP contribution in [0.5, 0.6) is 5.75 Å². The molecule has 7 nitrogen and oxygen atoms in total. The molecule has 0 aliphatic carbocycles. The molecule has 0 bridgehead atoms. The van der Waals surface area contributed by atoms with Gasteiger partial charge in [-0.1, -0.05) is 30.3 Å². The van der Waals surface area contributed by atoms with Gasteiger partial charge in [-0.3, -0.25) is 4.57 Å². The van der Waals surface area contributed by atoms with Gasteiger partial charge in [-0.05, 0) is 43.7 Å². The van der Waals surface area contributed by atoms with Gasteiger partial charge in [0.15, 0.2) is 0 Å². The van der Waals surface area contributed by atoms with Gasteiger partial charge in [-0.15, -0.1) is 0 Å². The van der Waals surface area contributed by atoms with Gasteiger partial charge in [0.2, 0.25) is 17.2 Å². The van der Waals surface area contributed by atoms with Crippen LogP contribution in [0.15, 0.2) is 59.0 Å². The molecule has 0 aliphatic heterocycles. The summed E-state index contributed by atoms with van der Waals surface area (Å²) in [7, 11) is -2.04. The number of ether oxygens (including phenoxy) is 1. The highest BCUT2D eigenvalue weighted by molar-refractivity contribution is 7.62. The summed E-state index contributed by atoms with van der Waals surface area (Å²) < 4.78 is 35.5. The molecule has 3 rings (SSSR count). The largest absolute Gasteiger partial charge is 0.497 e. The highest BCUT2D eigenvalue weighted by Crippen LogP contribution is 2.49. The number of aromatic nitrogens is 1. The van der Waals surface area contributed by atoms with Crippen LogP contribution >= 0.6 is 7.60 Å². The van der Waals surface area contributed by atoms with E-state index >= 15 is 0 Å². The summed E-state index contributed by atoms with van der Waals surface area (Å²) in [6.45, 7) is 4.43. The average Bonchev–Trinajstić information content (AvgIpc) is 3.18. The molecular formula is C21H25N2O5P. The van der Waals surface area contributed by atoms with Crippen molar-refractivity contribution >= 4 is 18.9 Å². The molecule has 0 unspecified atom stereocenters. The Labute approximate surface area is 170 Å². The van der Waals surface area contributed by atoms with E-state index in [4.69, 9.17) is 18.2 Å². The van der Waals surface area contributed by atoms with Crippen LogP contribution in [0, 0.1) is 0 Å². The van der Waals surface area contributed by atoms with Crippen molar-refractivity contribution < 1.29 is 22.8 Å². The minimum atomic E-state index is -3.64. The van der Waals surface area contributed by atoms with E-state index in [2.05, 4.69) is 10.3 Å². The molecule has 1 heterocycles. The molecule has 1 aromatic heterocycles. The van der Waals surface area contributed by atoms with Gasteiger partial charge in [0.25, 0.3) is 0 Å². The predicted octanol–water partition coefficient (Wildman–Crippen LogP) is 4.85. The molecule has 0 atom stereocenters. The lowest BCUT2D eigenvalue weighted by Gasteiger charge is -2.15. The third kappa shape index (κ3) is 5.07. The summed E-state index contributed by atoms with van der Waals surface area (Å²) in [6.07, 6.45) is 0. The number of nitrogens with zero attached hydrogens (tertiary/aromatic N) is 1. The third-order valence-corrected chi connectivity index (χ3v) is 6.12. The molecule has 0 fully saturated rings. The molecule has 0 radical (unpaired) electrons. The smallest absolute Gasteiger partial charge is 0.385 e. The topological polar surface area (TPSA) is 82.8 Å². The van der Waals surface area contributed by atoms with Crippen molar-refractivity contribution in [3.05, 3.63) is 60.2 Å². The molecule has 0 saturated heterocycles. The van der Waals surface area contributed by atoms with E-state index in [1.807, 2.05) is 42.5 Å². The molecule has 154 valence electrons. The lowest BCUT2D eigenvalue weighted by molar-refractivity contribution is 0.229. The van der Waals surface area contributed by atoms with E-state index in [1.54, 1.807) is 33.1 Å². The Bertz CT molecular complexity index is 947. The fourth-order valence-electron chi connectivity index (χ4n) is 2.75. The number of benzene rings is 2. The molecule has 2 aromatic carbocycles. The van der Waals surface area contributed by atoms with Crippen molar-refractivity contribution in [1.29, 1.82) is 0 Å². The van der Waals surface area contributed by atoms with Crippen molar-refractivity contribution in [3.8, 4) is 17.2 Å². The van der Waals surface area contributed by atoms with Crippen molar-refractivity contribution in [2.45, 2.75) is 20.4 Å². The molecular weight excluding hydrogens is 391 g/mol. The Morgan fingerprint density at radius 2 is 1.66 bits per heavy atom. The molecule has 0 aliphatic rings. The predicted molar refractivity (Wildman–Crippen MR) is 113 cm³/mol. The Morgan fingerprint density at radius 1 is 1.00 bits per heavy atom. The summed E-state index contributed by atoms with van der Waals surface area (Å²) in [6, 6.07) is 17.1. The number of oxazole rings is 1. The Kier molecular flexibility index (Phi) is 7.09. The van der Waals surface area contributed by atoms with Gasteiger partial charge < -0.3 is 23.5 Å². The van der Waals surface area contributed by atoms with Crippen molar-refractivity contribution in [1.82, 2.24) is 4.98 Å². The summed E-state index contributed by atoms with van der Waals surface area (Å²) in [5.41, 5.74) is 1.91. The lowest BCUT2D eigenvalue weighted by Crippen LogP contribution is -2.16. The second kappa shape index (κ2) is 9.74. The number of hydrogen-bond acceptors (Lipinski definition) is 7. The molecule has 0 amide bonds. The second-order valence-corrected chi connectivity index (χ2v) is 8.01. The van der Waals surface area contributed by atoms with Gasteiger partial charge in [-0.25, -0.2) is 0 Å². The van der Waals surface area contributed by atoms with Crippen molar-refractivity contribution in [2.75, 3.05) is 25.6 Å². The van der Waals surface area contributed by atoms with Crippen molar-refractivity contribution in [3.63, 3.8) is 0 Å². The normalized spacial score (nSPS) is 11.4. The minimum absolute atomic E-state index is 0.142. The Morgan fingerprint density at radius 3 is 2.24 bits per heavy atom. The number of nitrogens with one attached hydrogen (secondary N) is 1. The lowest BCUT2D eigenvalue weighted by atomic mass is 10.2. The number of rotatable bonds is 10. The van der Waals surface area contributed by atoms with E-state index in [0.717, 1.165) is 16.9 Å². The van der Waals surface area contributed by atoms with Crippen LogP contribution in [0.2, 0.25) is 0 Å². The summed E-state index contributed by atoms with van der Waals surface area (Å²) in [5, 5.41) is 3.18. The van der Waals surface area contributed by atoms with Crippen LogP contribution in [0.4, 0.5) is 5.88 Å². The van der Waals surface area contributed by atoms with Crippen LogP contribution < -0.4 is 15.5 Å². The highest BCUT2D eigenvalue weighted by atomic mass is 31.2. The second-order valence-electron chi connectivity index (χ2n) is 6.07. The summed E-state index contributed by atoms with van der Waals surface area (Å²) in [4.78, 5) is 4.47. The van der Waals surface area contributed by atoms with Crippen molar-refractivity contribution in [2.24, 2.45) is 0 Å². The maximum atomic E-state index is 13.4. The van der Waals surface area contributed by atoms with E-state index in [1.165, 1.54) is 0 Å². The molecule has 29 heavy (non-hydrogen) atoms. The molecule has 0 saturated carbocycles. The maximum Gasteiger partial charge on any atom is 0.385 e. The first-order valence-corrected chi connectivity index (χ1v) is 11.0. The third-order valence-electron chi connectivity index (χ3n) is 4.10. The number of anilines is 1. The summed E-state index contributed by atoms with van der Waals surface area (Å²) in [5.74, 6) is 1.31. The molecule has 1 N–H and O–H groups in total. The van der Waals surface area contributed by atoms with Crippen LogP contribution in [0.25, 0.3) is 11.5 Å². The first-order chi connectivity index (χ1) is 14.1. The monoisotopic (exact) mass is 416 g/mol. The zero-order chi connectivity index (χ0) is 20.7. The highest BCUT2D eigenvalue weighted by Gasteiger charge is 2.35. The molecule has 3 aromatic rings. The Balaban J connectivity index is 1.98. The Hall–Kier alpha value is -2.60. The minimum Gasteiger partial charge on any atom is -0.497 e. The number of methoxy groups -OCH3 is 1. The molecule has 0 spiro atoms. The van der Waals surface area contributed by atoms with Crippen LogP contribution in [0.1, 0.15) is 19.4 Å². The standard InChI is InChI=1S/C21H25N2O5P/c1-4-26-29(24,27-5-2)21-20(22-15-16-9-7-6-8-10-16)28-19(23-21)17-11-13-18(25-3)14-12-17/h6-14,22H,4-5,15H2,1-3H3. The van der Waals surface area contributed by atoms with E-state index in [-0.39, 0.29) is 24.5 Å². The average molecular weight is 416 g/mol. The quantitative estimate of drug-likeness (QED) is 0.473. The van der Waals surface area contributed by atoms with Gasteiger partial charge >= 0.3 is 7.60 Å². The fraction of sp³-hybridized carbons (Fsp3) is 0.286. The molecule has 8 heteroatoms. The maximum absolute atomic E-state index is 13.4. The summed E-state index contributed by atoms with van der Waals surface area (Å²) >= 11 is 0. The van der Waals surface area contributed by atoms with Gasteiger partial charge in [-0.2, -0.15) is 4.98 Å². The van der Waals surface area contributed by atoms with Crippen LogP contribution in [-0.2, 0) is 20.2 Å². The zero-order valence-corrected chi connectivity index (χ0v) is 17.6. The van der Waals surface area contributed by atoms with Gasteiger partial charge in [0.05, 0.1) is 20.3 Å². The first kappa shape index (κ1) is 21.1. The zero-order valence-electron chi connectivity index (χ0n) is 16.8. The van der Waals surface area contributed by atoms with Crippen LogP contribution in [-0.4, -0.2) is 25.3 Å². The van der Waals surface area contributed by atoms with Gasteiger partial charge in [0.1, 0.15) is 5.75 Å².